The molecule has 1 saturated carbocycles. The highest BCUT2D eigenvalue weighted by Gasteiger charge is 2.46. The van der Waals surface area contributed by atoms with Crippen LogP contribution >= 0.6 is 0 Å². The molecule has 0 unspecified atom stereocenters. The van der Waals surface area contributed by atoms with Gasteiger partial charge in [-0.3, -0.25) is 14.5 Å². The van der Waals surface area contributed by atoms with Crippen LogP contribution in [0.2, 0.25) is 0 Å². The number of carbonyl (C=O) groups excluding carboxylic acids is 1. The van der Waals surface area contributed by atoms with Crippen LogP contribution in [0.1, 0.15) is 48.2 Å². The molecule has 1 amide bonds. The lowest BCUT2D eigenvalue weighted by Gasteiger charge is -2.22. The Bertz CT molecular complexity index is 1250. The highest BCUT2D eigenvalue weighted by atomic mass is 16.1. The molecule has 3 aromatic rings. The third-order valence-electron chi connectivity index (χ3n) is 7.24. The quantitative estimate of drug-likeness (QED) is 0.630. The lowest BCUT2D eigenvalue weighted by molar-refractivity contribution is 0.0928. The third-order valence-corrected chi connectivity index (χ3v) is 7.24. The maximum Gasteiger partial charge on any atom is 0.251 e. The number of hydrogen-bond donors (Lipinski definition) is 1. The Kier molecular flexibility index (Phi) is 4.42. The Hall–Kier alpha value is -3.40. The van der Waals surface area contributed by atoms with Crippen molar-refractivity contribution in [1.82, 2.24) is 25.0 Å². The van der Waals surface area contributed by atoms with E-state index in [1.54, 1.807) is 0 Å². The molecule has 1 aliphatic carbocycles. The molecule has 3 atom stereocenters. The zero-order chi connectivity index (χ0) is 21.8. The van der Waals surface area contributed by atoms with Crippen molar-refractivity contribution in [1.29, 1.82) is 5.26 Å². The SMILES string of the molecule is Cc1cccc(-c2nn(CC3CC3)c3cc(C(=O)N[C@@H]4C[C@@H]5CC[C@H]4N5C#N)ccc23)n1. The predicted octanol–water partition coefficient (Wildman–Crippen LogP) is 3.63. The van der Waals surface area contributed by atoms with E-state index in [2.05, 4.69) is 21.2 Å². The van der Waals surface area contributed by atoms with Crippen molar-refractivity contribution in [3.8, 4) is 17.6 Å². The first-order valence-corrected chi connectivity index (χ1v) is 11.5. The topological polar surface area (TPSA) is 86.8 Å². The van der Waals surface area contributed by atoms with E-state index in [-0.39, 0.29) is 24.0 Å². The molecule has 7 nitrogen and oxygen atoms in total. The summed E-state index contributed by atoms with van der Waals surface area (Å²) in [6.07, 6.45) is 7.66. The van der Waals surface area contributed by atoms with Crippen molar-refractivity contribution in [2.24, 2.45) is 5.92 Å². The molecule has 1 N–H and O–H groups in total. The first-order valence-electron chi connectivity index (χ1n) is 11.5. The number of hydrogen-bond acceptors (Lipinski definition) is 5. The van der Waals surface area contributed by atoms with E-state index in [9.17, 15) is 10.1 Å². The number of aryl methyl sites for hydroxylation is 1. The average Bonchev–Trinajstić information content (AvgIpc) is 3.29. The largest absolute Gasteiger partial charge is 0.347 e. The second kappa shape index (κ2) is 7.33. The molecular weight excluding hydrogens is 400 g/mol. The molecule has 2 bridgehead atoms. The first-order chi connectivity index (χ1) is 15.6. The summed E-state index contributed by atoms with van der Waals surface area (Å²) in [5.41, 5.74) is 4.31. The molecular formula is C25H26N6O. The van der Waals surface area contributed by atoms with Crippen LogP contribution in [0.25, 0.3) is 22.3 Å². The van der Waals surface area contributed by atoms with Crippen LogP contribution in [-0.2, 0) is 6.54 Å². The second-order valence-corrected chi connectivity index (χ2v) is 9.49. The number of benzene rings is 1. The minimum Gasteiger partial charge on any atom is -0.347 e. The highest BCUT2D eigenvalue weighted by molar-refractivity contribution is 6.01. The standard InChI is InChI=1S/C25H26N6O/c1-15-3-2-4-20(27-15)24-19-9-7-17(11-23(19)31(29-24)13-16-5-6-16)25(32)28-21-12-18-8-10-22(21)30(18)14-26/h2-4,7,9,11,16,18,21-22H,5-6,8,10,12-13H2,1H3,(H,28,32)/t18-,21+,22+/m0/s1. The molecule has 0 radical (unpaired) electrons. The molecule has 7 heteroatoms. The van der Waals surface area contributed by atoms with Gasteiger partial charge in [-0.05, 0) is 75.3 Å². The average molecular weight is 427 g/mol. The van der Waals surface area contributed by atoms with Gasteiger partial charge in [-0.15, -0.1) is 0 Å². The zero-order valence-corrected chi connectivity index (χ0v) is 18.2. The summed E-state index contributed by atoms with van der Waals surface area (Å²) in [6, 6.07) is 12.3. The smallest absolute Gasteiger partial charge is 0.251 e. The van der Waals surface area contributed by atoms with Crippen LogP contribution in [0.3, 0.4) is 0 Å². The molecule has 3 fully saturated rings. The maximum atomic E-state index is 13.1. The van der Waals surface area contributed by atoms with Gasteiger partial charge in [0.15, 0.2) is 6.19 Å². The highest BCUT2D eigenvalue weighted by Crippen LogP contribution is 2.37. The van der Waals surface area contributed by atoms with Gasteiger partial charge in [-0.1, -0.05) is 6.07 Å². The van der Waals surface area contributed by atoms with Crippen LogP contribution in [-0.4, -0.2) is 43.7 Å². The summed E-state index contributed by atoms with van der Waals surface area (Å²) >= 11 is 0. The minimum absolute atomic E-state index is 0.0417. The Labute approximate surface area is 187 Å². The molecule has 3 aliphatic rings. The summed E-state index contributed by atoms with van der Waals surface area (Å²) in [5, 5.41) is 18.5. The van der Waals surface area contributed by atoms with Gasteiger partial charge in [-0.25, -0.2) is 0 Å². The molecule has 6 rings (SSSR count). The Morgan fingerprint density at radius 2 is 2.09 bits per heavy atom. The number of pyridine rings is 1. The summed E-state index contributed by atoms with van der Waals surface area (Å²) < 4.78 is 2.05. The number of fused-ring (bicyclic) bond motifs is 3. The van der Waals surface area contributed by atoms with E-state index < -0.39 is 0 Å². The van der Waals surface area contributed by atoms with Gasteiger partial charge in [0.05, 0.1) is 23.3 Å². The fraction of sp³-hybridized carbons (Fsp3) is 0.440. The molecule has 1 aromatic carbocycles. The number of amides is 1. The fourth-order valence-corrected chi connectivity index (χ4v) is 5.41. The summed E-state index contributed by atoms with van der Waals surface area (Å²) in [5.74, 6) is 0.594. The van der Waals surface area contributed by atoms with Gasteiger partial charge in [-0.2, -0.15) is 10.4 Å². The van der Waals surface area contributed by atoms with Crippen LogP contribution in [0.15, 0.2) is 36.4 Å². The Balaban J connectivity index is 1.33. The van der Waals surface area contributed by atoms with Crippen LogP contribution in [0.4, 0.5) is 0 Å². The monoisotopic (exact) mass is 426 g/mol. The van der Waals surface area contributed by atoms with Crippen molar-refractivity contribution in [2.45, 2.75) is 63.7 Å². The van der Waals surface area contributed by atoms with Gasteiger partial charge in [0.2, 0.25) is 0 Å². The molecule has 2 saturated heterocycles. The molecule has 32 heavy (non-hydrogen) atoms. The number of nitrogens with zero attached hydrogens (tertiary/aromatic N) is 5. The first kappa shape index (κ1) is 19.3. The van der Waals surface area contributed by atoms with Crippen LogP contribution in [0, 0.1) is 24.3 Å². The number of aromatic nitrogens is 3. The fourth-order valence-electron chi connectivity index (χ4n) is 5.41. The molecule has 4 heterocycles. The van der Waals surface area contributed by atoms with Crippen molar-refractivity contribution < 1.29 is 4.79 Å². The van der Waals surface area contributed by atoms with Crippen molar-refractivity contribution in [3.05, 3.63) is 47.7 Å². The molecule has 162 valence electrons. The lowest BCUT2D eigenvalue weighted by atomic mass is 9.95. The van der Waals surface area contributed by atoms with Gasteiger partial charge < -0.3 is 10.2 Å². The van der Waals surface area contributed by atoms with E-state index >= 15 is 0 Å². The summed E-state index contributed by atoms with van der Waals surface area (Å²) in [4.78, 5) is 19.7. The van der Waals surface area contributed by atoms with E-state index in [1.807, 2.05) is 48.2 Å². The molecule has 2 aromatic heterocycles. The molecule has 2 aliphatic heterocycles. The van der Waals surface area contributed by atoms with Gasteiger partial charge >= 0.3 is 0 Å². The summed E-state index contributed by atoms with van der Waals surface area (Å²) in [7, 11) is 0. The Morgan fingerprint density at radius 3 is 2.84 bits per heavy atom. The minimum atomic E-state index is -0.0725. The zero-order valence-electron chi connectivity index (χ0n) is 18.2. The molecule has 0 spiro atoms. The number of rotatable bonds is 5. The normalized spacial score (nSPS) is 24.1. The number of nitrogens with one attached hydrogen (secondary N) is 1. The van der Waals surface area contributed by atoms with E-state index in [0.29, 0.717) is 11.5 Å². The van der Waals surface area contributed by atoms with Crippen molar-refractivity contribution >= 4 is 16.8 Å². The second-order valence-electron chi connectivity index (χ2n) is 9.49. The number of nitriles is 1. The van der Waals surface area contributed by atoms with Gasteiger partial charge in [0.25, 0.3) is 5.91 Å². The van der Waals surface area contributed by atoms with Gasteiger partial charge in [0.1, 0.15) is 5.69 Å². The van der Waals surface area contributed by atoms with Crippen molar-refractivity contribution in [3.63, 3.8) is 0 Å². The number of carbonyl (C=O) groups is 1. The predicted molar refractivity (Wildman–Crippen MR) is 121 cm³/mol. The van der Waals surface area contributed by atoms with Crippen molar-refractivity contribution in [2.75, 3.05) is 0 Å². The van der Waals surface area contributed by atoms with E-state index in [1.165, 1.54) is 12.8 Å². The Morgan fingerprint density at radius 1 is 1.22 bits per heavy atom. The van der Waals surface area contributed by atoms with E-state index in [0.717, 1.165) is 53.8 Å². The lowest BCUT2D eigenvalue weighted by Crippen LogP contribution is -2.43. The van der Waals surface area contributed by atoms with E-state index in [4.69, 9.17) is 5.10 Å². The van der Waals surface area contributed by atoms with Crippen LogP contribution in [0.5, 0.6) is 0 Å². The maximum absolute atomic E-state index is 13.1. The van der Waals surface area contributed by atoms with Gasteiger partial charge in [0, 0.05) is 29.2 Å². The third kappa shape index (κ3) is 3.22. The van der Waals surface area contributed by atoms with Crippen LogP contribution < -0.4 is 5.32 Å². The summed E-state index contributed by atoms with van der Waals surface area (Å²) in [6.45, 7) is 2.86.